The van der Waals surface area contributed by atoms with Gasteiger partial charge < -0.3 is 14.2 Å². The zero-order valence-electron chi connectivity index (χ0n) is 21.8. The van der Waals surface area contributed by atoms with Crippen LogP contribution in [-0.2, 0) is 14.4 Å². The number of para-hydroxylation sites is 1. The Bertz CT molecular complexity index is 1280. The van der Waals surface area contributed by atoms with Gasteiger partial charge in [-0.15, -0.1) is 0 Å². The minimum absolute atomic E-state index is 0.310. The number of carbonyl (C=O) groups is 2. The first-order valence-electron chi connectivity index (χ1n) is 13.0. The Morgan fingerprint density at radius 1 is 0.842 bits per heavy atom. The number of anilines is 2. The number of hydrogen-bond donors (Lipinski definition) is 0. The molecular formula is C30H32N2O6. The lowest BCUT2D eigenvalue weighted by Gasteiger charge is -2.29. The zero-order valence-corrected chi connectivity index (χ0v) is 21.8. The summed E-state index contributed by atoms with van der Waals surface area (Å²) in [5, 5.41) is 1.68. The molecule has 2 aliphatic rings. The maximum absolute atomic E-state index is 13.9. The van der Waals surface area contributed by atoms with Gasteiger partial charge in [-0.3, -0.25) is 14.4 Å². The zero-order chi connectivity index (χ0) is 26.6. The first-order chi connectivity index (χ1) is 18.6. The average Bonchev–Trinajstić information content (AvgIpc) is 3.46. The van der Waals surface area contributed by atoms with E-state index in [1.807, 2.05) is 55.5 Å². The molecule has 3 atom stereocenters. The Balaban J connectivity index is 1.54. The maximum Gasteiger partial charge on any atom is 0.266 e. The SMILES string of the molecule is CCCCOc1ccc([C@@H]2[C@@H]3C(=O)N(c4ccc(OC)cc4)C(=O)[C@@H]3ON2c2ccccc2)cc1OCC. The molecule has 2 fully saturated rings. The fraction of sp³-hybridized carbons (Fsp3) is 0.333. The largest absolute Gasteiger partial charge is 0.497 e. The molecule has 3 aromatic rings. The summed E-state index contributed by atoms with van der Waals surface area (Å²) in [5.41, 5.74) is 2.04. The third kappa shape index (κ3) is 4.67. The summed E-state index contributed by atoms with van der Waals surface area (Å²) in [7, 11) is 1.57. The highest BCUT2D eigenvalue weighted by Gasteiger charge is 2.60. The van der Waals surface area contributed by atoms with Crippen molar-refractivity contribution < 1.29 is 28.6 Å². The number of fused-ring (bicyclic) bond motifs is 1. The summed E-state index contributed by atoms with van der Waals surface area (Å²) in [5.74, 6) is 0.446. The van der Waals surface area contributed by atoms with Gasteiger partial charge in [-0.25, -0.2) is 9.96 Å². The van der Waals surface area contributed by atoms with Gasteiger partial charge in [-0.1, -0.05) is 37.6 Å². The molecular weight excluding hydrogens is 484 g/mol. The van der Waals surface area contributed by atoms with E-state index < -0.39 is 24.0 Å². The molecule has 0 saturated carbocycles. The summed E-state index contributed by atoms with van der Waals surface area (Å²) in [4.78, 5) is 34.9. The standard InChI is InChI=1S/C30H32N2O6/c1-4-6-18-37-24-17-12-20(19-25(24)36-5-2)27-26-28(38-32(27)22-10-8-7-9-11-22)30(34)31(29(26)33)21-13-15-23(35-3)16-14-21/h7-17,19,26-28H,4-6,18H2,1-3H3/t26-,27+,28+/m0/s1. The molecule has 0 unspecified atom stereocenters. The van der Waals surface area contributed by atoms with Crippen molar-refractivity contribution in [2.24, 2.45) is 5.92 Å². The van der Waals surface area contributed by atoms with Crippen LogP contribution in [0.25, 0.3) is 0 Å². The Hall–Kier alpha value is -4.04. The van der Waals surface area contributed by atoms with Crippen LogP contribution in [0.15, 0.2) is 72.8 Å². The number of carbonyl (C=O) groups excluding carboxylic acids is 2. The predicted molar refractivity (Wildman–Crippen MR) is 144 cm³/mol. The van der Waals surface area contributed by atoms with E-state index in [2.05, 4.69) is 6.92 Å². The molecule has 38 heavy (non-hydrogen) atoms. The monoisotopic (exact) mass is 516 g/mol. The average molecular weight is 517 g/mol. The second-order valence-corrected chi connectivity index (χ2v) is 9.21. The first-order valence-corrected chi connectivity index (χ1v) is 13.0. The molecule has 0 N–H and O–H groups in total. The van der Waals surface area contributed by atoms with E-state index in [-0.39, 0.29) is 5.91 Å². The van der Waals surface area contributed by atoms with E-state index in [1.54, 1.807) is 36.4 Å². The van der Waals surface area contributed by atoms with Crippen LogP contribution in [0.4, 0.5) is 11.4 Å². The van der Waals surface area contributed by atoms with E-state index >= 15 is 0 Å². The van der Waals surface area contributed by atoms with Crippen LogP contribution in [0.5, 0.6) is 17.2 Å². The summed E-state index contributed by atoms with van der Waals surface area (Å²) >= 11 is 0. The third-order valence-corrected chi connectivity index (χ3v) is 6.82. The van der Waals surface area contributed by atoms with Crippen molar-refractivity contribution in [1.82, 2.24) is 0 Å². The molecule has 8 heteroatoms. The Kier molecular flexibility index (Phi) is 7.51. The smallest absolute Gasteiger partial charge is 0.266 e. The highest BCUT2D eigenvalue weighted by Crippen LogP contribution is 2.48. The van der Waals surface area contributed by atoms with Crippen LogP contribution >= 0.6 is 0 Å². The van der Waals surface area contributed by atoms with Gasteiger partial charge in [0, 0.05) is 0 Å². The van der Waals surface area contributed by atoms with Crippen LogP contribution in [0.3, 0.4) is 0 Å². The fourth-order valence-electron chi connectivity index (χ4n) is 4.96. The first kappa shape index (κ1) is 25.6. The van der Waals surface area contributed by atoms with E-state index in [9.17, 15) is 9.59 Å². The van der Waals surface area contributed by atoms with Crippen molar-refractivity contribution in [3.63, 3.8) is 0 Å². The van der Waals surface area contributed by atoms with Crippen LogP contribution in [0, 0.1) is 5.92 Å². The molecule has 5 rings (SSSR count). The van der Waals surface area contributed by atoms with Crippen molar-refractivity contribution >= 4 is 23.2 Å². The molecule has 0 aromatic heterocycles. The van der Waals surface area contributed by atoms with Crippen LogP contribution in [0.2, 0.25) is 0 Å². The molecule has 0 radical (unpaired) electrons. The van der Waals surface area contributed by atoms with Crippen molar-refractivity contribution in [3.8, 4) is 17.2 Å². The number of amides is 2. The lowest BCUT2D eigenvalue weighted by molar-refractivity contribution is -0.126. The molecule has 2 saturated heterocycles. The molecule has 0 aliphatic carbocycles. The van der Waals surface area contributed by atoms with Gasteiger partial charge in [0.05, 0.1) is 37.7 Å². The maximum atomic E-state index is 13.9. The number of benzene rings is 3. The van der Waals surface area contributed by atoms with Gasteiger partial charge in [0.1, 0.15) is 11.7 Å². The molecule has 2 aliphatic heterocycles. The van der Waals surface area contributed by atoms with Crippen LogP contribution < -0.4 is 24.2 Å². The topological polar surface area (TPSA) is 77.5 Å². The number of methoxy groups -OCH3 is 1. The van der Waals surface area contributed by atoms with E-state index in [1.165, 1.54) is 4.90 Å². The molecule has 0 spiro atoms. The third-order valence-electron chi connectivity index (χ3n) is 6.82. The number of hydrogen-bond acceptors (Lipinski definition) is 7. The van der Waals surface area contributed by atoms with E-state index in [0.29, 0.717) is 36.1 Å². The van der Waals surface area contributed by atoms with Gasteiger partial charge in [-0.05, 0) is 67.4 Å². The highest BCUT2D eigenvalue weighted by molar-refractivity contribution is 6.23. The number of rotatable bonds is 10. The van der Waals surface area contributed by atoms with Crippen molar-refractivity contribution in [3.05, 3.63) is 78.4 Å². The molecule has 0 bridgehead atoms. The van der Waals surface area contributed by atoms with E-state index in [4.69, 9.17) is 19.0 Å². The Morgan fingerprint density at radius 3 is 2.29 bits per heavy atom. The van der Waals surface area contributed by atoms with Crippen LogP contribution in [0.1, 0.15) is 38.3 Å². The molecule has 198 valence electrons. The molecule has 2 heterocycles. The van der Waals surface area contributed by atoms with Gasteiger partial charge in [-0.2, -0.15) is 0 Å². The minimum atomic E-state index is -0.953. The van der Waals surface area contributed by atoms with E-state index in [0.717, 1.165) is 24.1 Å². The number of nitrogens with zero attached hydrogens (tertiary/aromatic N) is 2. The molecule has 8 nitrogen and oxygen atoms in total. The second kappa shape index (κ2) is 11.1. The van der Waals surface area contributed by atoms with Gasteiger partial charge >= 0.3 is 0 Å². The van der Waals surface area contributed by atoms with Crippen LogP contribution in [-0.4, -0.2) is 38.2 Å². The van der Waals surface area contributed by atoms with Gasteiger partial charge in [0.15, 0.2) is 17.6 Å². The number of imide groups is 1. The second-order valence-electron chi connectivity index (χ2n) is 9.21. The molecule has 2 amide bonds. The predicted octanol–water partition coefficient (Wildman–Crippen LogP) is 5.32. The lowest BCUT2D eigenvalue weighted by Crippen LogP contribution is -2.37. The minimum Gasteiger partial charge on any atom is -0.497 e. The van der Waals surface area contributed by atoms with Crippen molar-refractivity contribution in [2.45, 2.75) is 38.8 Å². The Labute approximate surface area is 222 Å². The van der Waals surface area contributed by atoms with Gasteiger partial charge in [0.2, 0.25) is 5.91 Å². The number of ether oxygens (including phenoxy) is 3. The van der Waals surface area contributed by atoms with Crippen molar-refractivity contribution in [2.75, 3.05) is 30.3 Å². The lowest BCUT2D eigenvalue weighted by atomic mass is 9.90. The fourth-order valence-corrected chi connectivity index (χ4v) is 4.96. The summed E-state index contributed by atoms with van der Waals surface area (Å²) in [6.45, 7) is 5.08. The molecule has 3 aromatic carbocycles. The summed E-state index contributed by atoms with van der Waals surface area (Å²) < 4.78 is 17.1. The summed E-state index contributed by atoms with van der Waals surface area (Å²) in [6.07, 6.45) is 1.01. The number of hydroxylamine groups is 1. The summed E-state index contributed by atoms with van der Waals surface area (Å²) in [6, 6.07) is 21.5. The quantitative estimate of drug-likeness (QED) is 0.266. The van der Waals surface area contributed by atoms with Gasteiger partial charge in [0.25, 0.3) is 5.91 Å². The number of unbranched alkanes of at least 4 members (excludes halogenated alkanes) is 1. The highest BCUT2D eigenvalue weighted by atomic mass is 16.7. The van der Waals surface area contributed by atoms with Crippen molar-refractivity contribution in [1.29, 1.82) is 0 Å². The Morgan fingerprint density at radius 2 is 1.61 bits per heavy atom. The normalized spacial score (nSPS) is 20.6.